The molecule has 0 spiro atoms. The Bertz CT molecular complexity index is 1680. The SMILES string of the molecule is Cc1cc([C@H]2[C@@H](c3ccccn3)NC(=S)N2c2ccc(N3C[C@H](C)C[C@H](C)C3)c(Cl)c2)c(C)n1-c1ccc2c(c1)OCO2. The normalized spacial score (nSPS) is 23.1. The van der Waals surface area contributed by atoms with Crippen molar-refractivity contribution in [1.29, 1.82) is 0 Å². The van der Waals surface area contributed by atoms with E-state index in [0.29, 0.717) is 16.9 Å². The van der Waals surface area contributed by atoms with E-state index in [1.165, 1.54) is 6.42 Å². The van der Waals surface area contributed by atoms with Gasteiger partial charge in [0.2, 0.25) is 6.79 Å². The maximum Gasteiger partial charge on any atom is 0.231 e. The quantitative estimate of drug-likeness (QED) is 0.234. The van der Waals surface area contributed by atoms with E-state index < -0.39 is 0 Å². The second-order valence-corrected chi connectivity index (χ2v) is 13.0. The predicted molar refractivity (Wildman–Crippen MR) is 176 cm³/mol. The molecule has 2 aromatic carbocycles. The van der Waals surface area contributed by atoms with Crippen molar-refractivity contribution in [3.8, 4) is 17.2 Å². The Morgan fingerprint density at radius 3 is 2.44 bits per heavy atom. The minimum Gasteiger partial charge on any atom is -0.454 e. The Balaban J connectivity index is 1.31. The molecule has 0 bridgehead atoms. The summed E-state index contributed by atoms with van der Waals surface area (Å²) in [6.45, 7) is 11.2. The summed E-state index contributed by atoms with van der Waals surface area (Å²) in [5.74, 6) is 2.80. The number of rotatable bonds is 5. The molecule has 7 nitrogen and oxygen atoms in total. The average Bonchev–Trinajstić information content (AvgIpc) is 3.67. The van der Waals surface area contributed by atoms with Crippen LogP contribution in [-0.2, 0) is 0 Å². The lowest BCUT2D eigenvalue weighted by molar-refractivity contribution is 0.174. The molecule has 2 saturated heterocycles. The number of nitrogens with one attached hydrogen (secondary N) is 1. The van der Waals surface area contributed by atoms with Crippen molar-refractivity contribution in [2.45, 2.75) is 46.2 Å². The highest BCUT2D eigenvalue weighted by molar-refractivity contribution is 7.80. The molecule has 0 saturated carbocycles. The second kappa shape index (κ2) is 11.1. The molecule has 1 N–H and O–H groups in total. The summed E-state index contributed by atoms with van der Waals surface area (Å²) in [5, 5.41) is 5.00. The van der Waals surface area contributed by atoms with E-state index in [1.54, 1.807) is 0 Å². The first-order valence-electron chi connectivity index (χ1n) is 14.9. The Morgan fingerprint density at radius 1 is 0.930 bits per heavy atom. The number of thiocarbonyl (C=S) groups is 1. The van der Waals surface area contributed by atoms with Crippen LogP contribution in [0.15, 0.2) is 66.9 Å². The van der Waals surface area contributed by atoms with Crippen LogP contribution in [0.5, 0.6) is 11.5 Å². The summed E-state index contributed by atoms with van der Waals surface area (Å²) in [7, 11) is 0. The minimum atomic E-state index is -0.151. The highest BCUT2D eigenvalue weighted by Gasteiger charge is 2.42. The van der Waals surface area contributed by atoms with Crippen molar-refractivity contribution < 1.29 is 9.47 Å². The van der Waals surface area contributed by atoms with Crippen molar-refractivity contribution in [1.82, 2.24) is 14.9 Å². The zero-order valence-electron chi connectivity index (χ0n) is 24.9. The van der Waals surface area contributed by atoms with Gasteiger partial charge >= 0.3 is 0 Å². The van der Waals surface area contributed by atoms with Gasteiger partial charge in [-0.3, -0.25) is 4.98 Å². The van der Waals surface area contributed by atoms with E-state index in [-0.39, 0.29) is 18.9 Å². The zero-order chi connectivity index (χ0) is 29.8. The lowest BCUT2D eigenvalue weighted by Crippen LogP contribution is -2.38. The first-order chi connectivity index (χ1) is 20.8. The number of benzene rings is 2. The summed E-state index contributed by atoms with van der Waals surface area (Å²) in [6.07, 6.45) is 3.09. The summed E-state index contributed by atoms with van der Waals surface area (Å²) in [5.41, 5.74) is 7.41. The maximum absolute atomic E-state index is 7.05. The number of nitrogens with zero attached hydrogens (tertiary/aromatic N) is 4. The molecular weight excluding hydrogens is 578 g/mol. The van der Waals surface area contributed by atoms with E-state index in [1.807, 2.05) is 30.5 Å². The van der Waals surface area contributed by atoms with Gasteiger partial charge in [0.05, 0.1) is 28.5 Å². The molecule has 3 aliphatic rings. The van der Waals surface area contributed by atoms with Crippen LogP contribution in [0, 0.1) is 25.7 Å². The van der Waals surface area contributed by atoms with Crippen LogP contribution in [0.1, 0.15) is 55.0 Å². The van der Waals surface area contributed by atoms with Crippen LogP contribution < -0.4 is 24.6 Å². The van der Waals surface area contributed by atoms with Crippen molar-refractivity contribution in [3.05, 3.63) is 94.5 Å². The third-order valence-corrected chi connectivity index (χ3v) is 9.54. The highest BCUT2D eigenvalue weighted by atomic mass is 35.5. The Labute approximate surface area is 263 Å². The van der Waals surface area contributed by atoms with Gasteiger partial charge in [-0.15, -0.1) is 0 Å². The third kappa shape index (κ3) is 5.00. The topological polar surface area (TPSA) is 54.8 Å². The molecule has 3 aliphatic heterocycles. The van der Waals surface area contributed by atoms with Crippen molar-refractivity contribution in [2.75, 3.05) is 29.7 Å². The van der Waals surface area contributed by atoms with Gasteiger partial charge in [-0.2, -0.15) is 0 Å². The number of hydrogen-bond acceptors (Lipinski definition) is 5. The summed E-state index contributed by atoms with van der Waals surface area (Å²) < 4.78 is 13.5. The van der Waals surface area contributed by atoms with Crippen molar-refractivity contribution in [2.24, 2.45) is 11.8 Å². The Hall–Kier alpha value is -3.75. The number of ether oxygens (including phenoxy) is 2. The van der Waals surface area contributed by atoms with E-state index in [4.69, 9.17) is 38.3 Å². The monoisotopic (exact) mass is 613 g/mol. The van der Waals surface area contributed by atoms with Crippen molar-refractivity contribution in [3.63, 3.8) is 0 Å². The van der Waals surface area contributed by atoms with Gasteiger partial charge in [-0.25, -0.2) is 0 Å². The molecule has 0 unspecified atom stereocenters. The summed E-state index contributed by atoms with van der Waals surface area (Å²) in [4.78, 5) is 9.38. The van der Waals surface area contributed by atoms with Crippen molar-refractivity contribution >= 4 is 40.3 Å². The zero-order valence-corrected chi connectivity index (χ0v) is 26.5. The number of anilines is 2. The third-order valence-electron chi connectivity index (χ3n) is 8.92. The molecule has 0 radical (unpaired) electrons. The Morgan fingerprint density at radius 2 is 1.70 bits per heavy atom. The van der Waals surface area contributed by atoms with Crippen LogP contribution >= 0.6 is 23.8 Å². The van der Waals surface area contributed by atoms with Crippen LogP contribution in [0.3, 0.4) is 0 Å². The fraction of sp³-hybridized carbons (Fsp3) is 0.353. The molecule has 2 aromatic heterocycles. The second-order valence-electron chi connectivity index (χ2n) is 12.2. The van der Waals surface area contributed by atoms with Gasteiger partial charge in [0.15, 0.2) is 16.6 Å². The minimum absolute atomic E-state index is 0.145. The van der Waals surface area contributed by atoms with Gasteiger partial charge in [0, 0.05) is 48.1 Å². The molecule has 222 valence electrons. The lowest BCUT2D eigenvalue weighted by Gasteiger charge is -2.37. The number of pyridine rings is 1. The number of piperidine rings is 1. The number of aryl methyl sites for hydroxylation is 1. The fourth-order valence-corrected chi connectivity index (χ4v) is 7.86. The van der Waals surface area contributed by atoms with Crippen LogP contribution in [-0.4, -0.2) is 34.5 Å². The van der Waals surface area contributed by atoms with Gasteiger partial charge < -0.3 is 29.2 Å². The highest BCUT2D eigenvalue weighted by Crippen LogP contribution is 2.46. The molecule has 0 aliphatic carbocycles. The number of aromatic nitrogens is 2. The molecule has 0 amide bonds. The first-order valence-corrected chi connectivity index (χ1v) is 15.7. The predicted octanol–water partition coefficient (Wildman–Crippen LogP) is 7.53. The summed E-state index contributed by atoms with van der Waals surface area (Å²) >= 11 is 13.1. The lowest BCUT2D eigenvalue weighted by atomic mass is 9.91. The van der Waals surface area contributed by atoms with Gasteiger partial charge in [0.25, 0.3) is 0 Å². The summed E-state index contributed by atoms with van der Waals surface area (Å²) in [6, 6.07) is 20.5. The molecule has 5 heterocycles. The largest absolute Gasteiger partial charge is 0.454 e. The van der Waals surface area contributed by atoms with Gasteiger partial charge in [-0.1, -0.05) is 31.5 Å². The number of halogens is 1. The van der Waals surface area contributed by atoms with Gasteiger partial charge in [0.1, 0.15) is 0 Å². The number of hydrogen-bond donors (Lipinski definition) is 1. The van der Waals surface area contributed by atoms with Crippen LogP contribution in [0.25, 0.3) is 5.69 Å². The number of fused-ring (bicyclic) bond motifs is 1. The standard InChI is InChI=1S/C34H36ClN5O2S/c1-20-13-21(2)18-38(17-20)29-10-8-24(15-27(29)35)40-33(32(37-34(40)43)28-7-5-6-12-36-28)26-14-22(3)39(23(26)4)25-9-11-30-31(16-25)42-19-41-30/h5-12,14-16,20-21,32-33H,13,17-19H2,1-4H3,(H,37,43)/t20-,21+,32-,33+/m1/s1. The van der Waals surface area contributed by atoms with E-state index >= 15 is 0 Å². The molecule has 4 aromatic rings. The van der Waals surface area contributed by atoms with Gasteiger partial charge in [-0.05, 0) is 98.4 Å². The molecule has 43 heavy (non-hydrogen) atoms. The van der Waals surface area contributed by atoms with Crippen LogP contribution in [0.4, 0.5) is 11.4 Å². The van der Waals surface area contributed by atoms with E-state index in [0.717, 1.165) is 69.3 Å². The molecule has 9 heteroatoms. The first kappa shape index (κ1) is 28.0. The van der Waals surface area contributed by atoms with Crippen LogP contribution in [0.2, 0.25) is 5.02 Å². The smallest absolute Gasteiger partial charge is 0.231 e. The molecule has 2 fully saturated rings. The maximum atomic E-state index is 7.05. The molecule has 7 rings (SSSR count). The Kier molecular flexibility index (Phi) is 7.22. The molecule has 4 atom stereocenters. The molecular formula is C34H36ClN5O2S. The average molecular weight is 614 g/mol. The fourth-order valence-electron chi connectivity index (χ4n) is 7.22. The van der Waals surface area contributed by atoms with E-state index in [2.05, 4.69) is 83.8 Å². The van der Waals surface area contributed by atoms with E-state index in [9.17, 15) is 0 Å².